The third-order valence-electron chi connectivity index (χ3n) is 3.26. The Morgan fingerprint density at radius 3 is 2.67 bits per heavy atom. The number of nitrogens with two attached hydrogens (primary N) is 1. The van der Waals surface area contributed by atoms with E-state index in [0.717, 1.165) is 26.0 Å². The third kappa shape index (κ3) is 3.74. The van der Waals surface area contributed by atoms with Gasteiger partial charge in [0.15, 0.2) is 0 Å². The van der Waals surface area contributed by atoms with E-state index in [1.165, 1.54) is 0 Å². The molecular formula is C12H26N2O. The SMILES string of the molecule is CCC1COC(C)CN1C(C)CC(C)N. The minimum Gasteiger partial charge on any atom is -0.376 e. The fraction of sp³-hybridized carbons (Fsp3) is 1.00. The van der Waals surface area contributed by atoms with Crippen molar-refractivity contribution in [2.75, 3.05) is 13.2 Å². The third-order valence-corrected chi connectivity index (χ3v) is 3.26. The number of hydrogen-bond donors (Lipinski definition) is 1. The zero-order valence-electron chi connectivity index (χ0n) is 10.6. The van der Waals surface area contributed by atoms with Crippen molar-refractivity contribution in [2.45, 2.75) is 64.8 Å². The lowest BCUT2D eigenvalue weighted by molar-refractivity contribution is -0.0714. The predicted molar refractivity (Wildman–Crippen MR) is 63.9 cm³/mol. The Morgan fingerprint density at radius 1 is 1.47 bits per heavy atom. The molecule has 1 saturated heterocycles. The summed E-state index contributed by atoms with van der Waals surface area (Å²) in [6.45, 7) is 10.7. The summed E-state index contributed by atoms with van der Waals surface area (Å²) in [7, 11) is 0. The molecule has 4 unspecified atom stereocenters. The Kier molecular flexibility index (Phi) is 5.03. The molecule has 3 nitrogen and oxygen atoms in total. The van der Waals surface area contributed by atoms with E-state index >= 15 is 0 Å². The smallest absolute Gasteiger partial charge is 0.0674 e. The average Bonchev–Trinajstić information content (AvgIpc) is 2.16. The van der Waals surface area contributed by atoms with Gasteiger partial charge in [0.2, 0.25) is 0 Å². The van der Waals surface area contributed by atoms with Gasteiger partial charge in [-0.25, -0.2) is 0 Å². The second kappa shape index (κ2) is 5.83. The molecule has 0 aromatic rings. The molecule has 0 aliphatic carbocycles. The van der Waals surface area contributed by atoms with Gasteiger partial charge in [0.05, 0.1) is 12.7 Å². The molecular weight excluding hydrogens is 188 g/mol. The topological polar surface area (TPSA) is 38.5 Å². The predicted octanol–water partition coefficient (Wildman–Crippen LogP) is 1.61. The van der Waals surface area contributed by atoms with Crippen molar-refractivity contribution in [3.63, 3.8) is 0 Å². The van der Waals surface area contributed by atoms with Crippen molar-refractivity contribution in [1.29, 1.82) is 0 Å². The van der Waals surface area contributed by atoms with Gasteiger partial charge in [-0.3, -0.25) is 4.90 Å². The number of nitrogens with zero attached hydrogens (tertiary/aromatic N) is 1. The van der Waals surface area contributed by atoms with Crippen LogP contribution in [-0.4, -0.2) is 42.3 Å². The van der Waals surface area contributed by atoms with E-state index in [-0.39, 0.29) is 6.04 Å². The van der Waals surface area contributed by atoms with Crippen LogP contribution in [-0.2, 0) is 4.74 Å². The van der Waals surface area contributed by atoms with E-state index in [0.29, 0.717) is 18.2 Å². The van der Waals surface area contributed by atoms with Crippen molar-refractivity contribution in [1.82, 2.24) is 4.90 Å². The summed E-state index contributed by atoms with van der Waals surface area (Å²) in [6, 6.07) is 1.44. The van der Waals surface area contributed by atoms with E-state index in [1.54, 1.807) is 0 Å². The summed E-state index contributed by atoms with van der Waals surface area (Å²) in [5.41, 5.74) is 5.86. The summed E-state index contributed by atoms with van der Waals surface area (Å²) in [6.07, 6.45) is 2.60. The molecule has 90 valence electrons. The zero-order valence-corrected chi connectivity index (χ0v) is 10.6. The van der Waals surface area contributed by atoms with E-state index < -0.39 is 0 Å². The highest BCUT2D eigenvalue weighted by atomic mass is 16.5. The molecule has 1 aliphatic heterocycles. The minimum absolute atomic E-state index is 0.288. The molecule has 1 heterocycles. The van der Waals surface area contributed by atoms with Gasteiger partial charge in [-0.2, -0.15) is 0 Å². The first kappa shape index (κ1) is 12.9. The van der Waals surface area contributed by atoms with Crippen molar-refractivity contribution >= 4 is 0 Å². The quantitative estimate of drug-likeness (QED) is 0.772. The van der Waals surface area contributed by atoms with Gasteiger partial charge >= 0.3 is 0 Å². The van der Waals surface area contributed by atoms with E-state index in [2.05, 4.69) is 32.6 Å². The Labute approximate surface area is 94.0 Å². The first-order valence-electron chi connectivity index (χ1n) is 6.17. The lowest BCUT2D eigenvalue weighted by atomic mass is 10.0. The van der Waals surface area contributed by atoms with Crippen molar-refractivity contribution in [3.05, 3.63) is 0 Å². The van der Waals surface area contributed by atoms with Crippen LogP contribution in [0.5, 0.6) is 0 Å². The maximum atomic E-state index is 5.86. The molecule has 15 heavy (non-hydrogen) atoms. The lowest BCUT2D eigenvalue weighted by Crippen LogP contribution is -2.53. The number of hydrogen-bond acceptors (Lipinski definition) is 3. The molecule has 4 atom stereocenters. The highest BCUT2D eigenvalue weighted by Crippen LogP contribution is 2.19. The number of morpholine rings is 1. The van der Waals surface area contributed by atoms with Crippen molar-refractivity contribution < 1.29 is 4.74 Å². The maximum Gasteiger partial charge on any atom is 0.0674 e. The van der Waals surface area contributed by atoms with Gasteiger partial charge in [-0.05, 0) is 33.6 Å². The molecule has 3 heteroatoms. The first-order chi connectivity index (χ1) is 7.04. The van der Waals surface area contributed by atoms with Gasteiger partial charge in [-0.15, -0.1) is 0 Å². The standard InChI is InChI=1S/C12H26N2O/c1-5-12-8-15-11(4)7-14(12)10(3)6-9(2)13/h9-12H,5-8,13H2,1-4H3. The average molecular weight is 214 g/mol. The second-order valence-corrected chi connectivity index (χ2v) is 4.96. The van der Waals surface area contributed by atoms with Crippen LogP contribution in [0, 0.1) is 0 Å². The lowest BCUT2D eigenvalue weighted by Gasteiger charge is -2.42. The molecule has 2 N–H and O–H groups in total. The molecule has 0 bridgehead atoms. The van der Waals surface area contributed by atoms with Gasteiger partial charge < -0.3 is 10.5 Å². The van der Waals surface area contributed by atoms with Gasteiger partial charge in [0.1, 0.15) is 0 Å². The summed E-state index contributed by atoms with van der Waals surface area (Å²) in [5, 5.41) is 0. The van der Waals surface area contributed by atoms with Crippen molar-refractivity contribution in [2.24, 2.45) is 5.73 Å². The Bertz CT molecular complexity index is 184. The molecule has 0 aromatic carbocycles. The van der Waals surface area contributed by atoms with Gasteiger partial charge in [0.25, 0.3) is 0 Å². The van der Waals surface area contributed by atoms with E-state index in [4.69, 9.17) is 10.5 Å². The summed E-state index contributed by atoms with van der Waals surface area (Å²) >= 11 is 0. The summed E-state index contributed by atoms with van der Waals surface area (Å²) < 4.78 is 5.69. The van der Waals surface area contributed by atoms with Crippen LogP contribution in [0.3, 0.4) is 0 Å². The largest absolute Gasteiger partial charge is 0.376 e. The van der Waals surface area contributed by atoms with Crippen LogP contribution >= 0.6 is 0 Å². The fourth-order valence-electron chi connectivity index (χ4n) is 2.44. The van der Waals surface area contributed by atoms with Crippen LogP contribution in [0.2, 0.25) is 0 Å². The fourth-order valence-corrected chi connectivity index (χ4v) is 2.44. The monoisotopic (exact) mass is 214 g/mol. The Hall–Kier alpha value is -0.120. The normalized spacial score (nSPS) is 32.6. The molecule has 1 fully saturated rings. The second-order valence-electron chi connectivity index (χ2n) is 4.96. The van der Waals surface area contributed by atoms with E-state index in [9.17, 15) is 0 Å². The molecule has 1 aliphatic rings. The first-order valence-corrected chi connectivity index (χ1v) is 6.17. The van der Waals surface area contributed by atoms with Gasteiger partial charge in [0, 0.05) is 24.7 Å². The van der Waals surface area contributed by atoms with Gasteiger partial charge in [-0.1, -0.05) is 6.92 Å². The molecule has 0 saturated carbocycles. The molecule has 0 aromatic heterocycles. The molecule has 0 amide bonds. The molecule has 0 radical (unpaired) electrons. The van der Waals surface area contributed by atoms with Crippen molar-refractivity contribution in [3.8, 4) is 0 Å². The van der Waals surface area contributed by atoms with E-state index in [1.807, 2.05) is 0 Å². The highest BCUT2D eigenvalue weighted by Gasteiger charge is 2.29. The molecule has 1 rings (SSSR count). The number of ether oxygens (including phenoxy) is 1. The van der Waals surface area contributed by atoms with Crippen LogP contribution in [0.25, 0.3) is 0 Å². The Balaban J connectivity index is 2.53. The molecule has 0 spiro atoms. The van der Waals surface area contributed by atoms with Crippen LogP contribution < -0.4 is 5.73 Å². The zero-order chi connectivity index (χ0) is 11.4. The maximum absolute atomic E-state index is 5.86. The Morgan fingerprint density at radius 2 is 2.13 bits per heavy atom. The van der Waals surface area contributed by atoms with Crippen LogP contribution in [0.1, 0.15) is 40.5 Å². The summed E-state index contributed by atoms with van der Waals surface area (Å²) in [4.78, 5) is 2.57. The summed E-state index contributed by atoms with van der Waals surface area (Å²) in [5.74, 6) is 0. The minimum atomic E-state index is 0.288. The van der Waals surface area contributed by atoms with Crippen LogP contribution in [0.15, 0.2) is 0 Å². The van der Waals surface area contributed by atoms with Crippen LogP contribution in [0.4, 0.5) is 0 Å². The number of rotatable bonds is 4. The highest BCUT2D eigenvalue weighted by molar-refractivity contribution is 4.82.